The van der Waals surface area contributed by atoms with E-state index in [9.17, 15) is 4.39 Å². The summed E-state index contributed by atoms with van der Waals surface area (Å²) >= 11 is 7.57. The van der Waals surface area contributed by atoms with Gasteiger partial charge in [-0.25, -0.2) is 9.37 Å². The monoisotopic (exact) mass is 385 g/mol. The average Bonchev–Trinajstić information content (AvgIpc) is 3.07. The number of benzene rings is 2. The second-order valence-corrected chi connectivity index (χ2v) is 6.73. The molecule has 0 amide bonds. The molecule has 2 aromatic carbocycles. The number of rotatable bonds is 4. The Bertz CT molecular complexity index is 1060. The molecule has 0 unspecified atom stereocenters. The topological polar surface area (TPSA) is 47.0 Å². The van der Waals surface area contributed by atoms with Gasteiger partial charge in [-0.05, 0) is 53.6 Å². The van der Waals surface area contributed by atoms with Crippen LogP contribution in [0.2, 0.25) is 5.28 Å². The van der Waals surface area contributed by atoms with Gasteiger partial charge >= 0.3 is 0 Å². The molecule has 0 saturated heterocycles. The molecule has 0 fully saturated rings. The maximum atomic E-state index is 13.2. The van der Waals surface area contributed by atoms with Crippen LogP contribution in [-0.2, 0) is 0 Å². The first-order valence-corrected chi connectivity index (χ1v) is 9.01. The molecule has 1 N–H and O–H groups in total. The molecule has 4 nitrogen and oxygen atoms in total. The van der Waals surface area contributed by atoms with E-state index in [1.165, 1.54) is 23.5 Å². The molecule has 0 atom stereocenters. The van der Waals surface area contributed by atoms with Gasteiger partial charge in [-0.15, -0.1) is 11.3 Å². The third-order valence-corrected chi connectivity index (χ3v) is 4.96. The van der Waals surface area contributed by atoms with Crippen LogP contribution in [0.3, 0.4) is 0 Å². The fourth-order valence-corrected chi connectivity index (χ4v) is 3.83. The molecule has 2 aromatic heterocycles. The van der Waals surface area contributed by atoms with Gasteiger partial charge in [0.05, 0.1) is 12.5 Å². The number of halogens is 2. The minimum absolute atomic E-state index is 0.158. The second-order valence-electron chi connectivity index (χ2n) is 5.53. The van der Waals surface area contributed by atoms with Crippen molar-refractivity contribution in [1.82, 2.24) is 9.97 Å². The Balaban J connectivity index is 1.83. The molecule has 4 aromatic rings. The predicted molar refractivity (Wildman–Crippen MR) is 104 cm³/mol. The highest BCUT2D eigenvalue weighted by atomic mass is 35.5. The summed E-state index contributed by atoms with van der Waals surface area (Å²) in [5, 5.41) is 6.26. The number of thiophene rings is 1. The summed E-state index contributed by atoms with van der Waals surface area (Å²) in [4.78, 5) is 9.44. The van der Waals surface area contributed by atoms with E-state index in [0.717, 1.165) is 27.1 Å². The van der Waals surface area contributed by atoms with Crippen molar-refractivity contribution in [2.45, 2.75) is 0 Å². The number of methoxy groups -OCH3 is 1. The lowest BCUT2D eigenvalue weighted by Crippen LogP contribution is -1.97. The number of ether oxygens (including phenoxy) is 1. The number of nitrogens with one attached hydrogen (secondary N) is 1. The van der Waals surface area contributed by atoms with Gasteiger partial charge in [-0.3, -0.25) is 0 Å². The number of fused-ring (bicyclic) bond motifs is 1. The number of aromatic nitrogens is 2. The lowest BCUT2D eigenvalue weighted by Gasteiger charge is -2.09. The minimum Gasteiger partial charge on any atom is -0.497 e. The molecule has 0 saturated carbocycles. The molecule has 0 aliphatic carbocycles. The molecule has 0 bridgehead atoms. The maximum absolute atomic E-state index is 13.2. The normalized spacial score (nSPS) is 10.9. The van der Waals surface area contributed by atoms with Crippen molar-refractivity contribution >= 4 is 44.7 Å². The molecule has 0 spiro atoms. The summed E-state index contributed by atoms with van der Waals surface area (Å²) in [5.41, 5.74) is 2.73. The molecule has 7 heteroatoms. The zero-order valence-electron chi connectivity index (χ0n) is 13.7. The highest BCUT2D eigenvalue weighted by molar-refractivity contribution is 7.17. The van der Waals surface area contributed by atoms with Crippen LogP contribution < -0.4 is 10.1 Å². The third-order valence-electron chi connectivity index (χ3n) is 3.91. The van der Waals surface area contributed by atoms with E-state index < -0.39 is 0 Å². The summed E-state index contributed by atoms with van der Waals surface area (Å²) in [5.74, 6) is 1.08. The number of hydrogen-bond acceptors (Lipinski definition) is 5. The first-order chi connectivity index (χ1) is 12.6. The molecular weight excluding hydrogens is 373 g/mol. The van der Waals surface area contributed by atoms with Crippen molar-refractivity contribution < 1.29 is 9.13 Å². The second kappa shape index (κ2) is 6.90. The van der Waals surface area contributed by atoms with E-state index in [4.69, 9.17) is 16.3 Å². The summed E-state index contributed by atoms with van der Waals surface area (Å²) < 4.78 is 18.4. The zero-order valence-corrected chi connectivity index (χ0v) is 15.2. The van der Waals surface area contributed by atoms with Crippen molar-refractivity contribution in [2.75, 3.05) is 12.4 Å². The molecule has 130 valence electrons. The Kier molecular flexibility index (Phi) is 4.44. The standard InChI is InChI=1S/C19H13ClFN3OS/c1-25-14-8-2-11(3-9-14)15-10-26-18-16(15)17(23-19(20)24-18)22-13-6-4-12(21)5-7-13/h2-10H,1H3,(H,22,23,24). The van der Waals surface area contributed by atoms with Gasteiger partial charge in [0.15, 0.2) is 0 Å². The molecule has 0 aliphatic rings. The van der Waals surface area contributed by atoms with Crippen molar-refractivity contribution in [2.24, 2.45) is 0 Å². The summed E-state index contributed by atoms with van der Waals surface area (Å²) in [7, 11) is 1.63. The SMILES string of the molecule is COc1ccc(-c2csc3nc(Cl)nc(Nc4ccc(F)cc4)c23)cc1. The van der Waals surface area contributed by atoms with Crippen LogP contribution in [0.15, 0.2) is 53.9 Å². The highest BCUT2D eigenvalue weighted by Gasteiger charge is 2.15. The molecule has 0 radical (unpaired) electrons. The average molecular weight is 386 g/mol. The predicted octanol–water partition coefficient (Wildman–Crippen LogP) is 5.90. The number of hydrogen-bond donors (Lipinski definition) is 1. The molecule has 26 heavy (non-hydrogen) atoms. The third kappa shape index (κ3) is 3.21. The van der Waals surface area contributed by atoms with Gasteiger partial charge in [0.25, 0.3) is 0 Å². The Morgan fingerprint density at radius 1 is 1.04 bits per heavy atom. The summed E-state index contributed by atoms with van der Waals surface area (Å²) in [6.45, 7) is 0. The van der Waals surface area contributed by atoms with Crippen LogP contribution in [-0.4, -0.2) is 17.1 Å². The van der Waals surface area contributed by atoms with E-state index in [1.807, 2.05) is 29.6 Å². The lowest BCUT2D eigenvalue weighted by molar-refractivity contribution is 0.415. The summed E-state index contributed by atoms with van der Waals surface area (Å²) in [6, 6.07) is 13.9. The zero-order chi connectivity index (χ0) is 18.1. The first-order valence-electron chi connectivity index (χ1n) is 7.76. The molecule has 2 heterocycles. The van der Waals surface area contributed by atoms with Gasteiger partial charge in [0.1, 0.15) is 22.2 Å². The quantitative estimate of drug-likeness (QED) is 0.444. The molecular formula is C19H13ClFN3OS. The van der Waals surface area contributed by atoms with Crippen LogP contribution in [0.1, 0.15) is 0 Å². The summed E-state index contributed by atoms with van der Waals surface area (Å²) in [6.07, 6.45) is 0. The van der Waals surface area contributed by atoms with Gasteiger partial charge < -0.3 is 10.1 Å². The highest BCUT2D eigenvalue weighted by Crippen LogP contribution is 2.38. The van der Waals surface area contributed by atoms with Crippen LogP contribution in [0.4, 0.5) is 15.9 Å². The lowest BCUT2D eigenvalue weighted by atomic mass is 10.1. The van der Waals surface area contributed by atoms with E-state index in [0.29, 0.717) is 11.5 Å². The van der Waals surface area contributed by atoms with Crippen LogP contribution in [0.5, 0.6) is 5.75 Å². The van der Waals surface area contributed by atoms with Crippen molar-refractivity contribution in [1.29, 1.82) is 0 Å². The van der Waals surface area contributed by atoms with Crippen molar-refractivity contribution in [3.8, 4) is 16.9 Å². The molecule has 4 rings (SSSR count). The van der Waals surface area contributed by atoms with Crippen molar-refractivity contribution in [3.63, 3.8) is 0 Å². The van der Waals surface area contributed by atoms with E-state index >= 15 is 0 Å². The fraction of sp³-hybridized carbons (Fsp3) is 0.0526. The van der Waals surface area contributed by atoms with E-state index in [-0.39, 0.29) is 11.1 Å². The Labute approximate surface area is 158 Å². The molecule has 0 aliphatic heterocycles. The van der Waals surface area contributed by atoms with Gasteiger partial charge in [-0.1, -0.05) is 12.1 Å². The Morgan fingerprint density at radius 2 is 1.77 bits per heavy atom. The van der Waals surface area contributed by atoms with Gasteiger partial charge in [0.2, 0.25) is 5.28 Å². The van der Waals surface area contributed by atoms with Crippen LogP contribution in [0.25, 0.3) is 21.3 Å². The minimum atomic E-state index is -0.295. The first kappa shape index (κ1) is 16.8. The van der Waals surface area contributed by atoms with Crippen LogP contribution >= 0.6 is 22.9 Å². The largest absolute Gasteiger partial charge is 0.497 e. The van der Waals surface area contributed by atoms with Gasteiger partial charge in [0, 0.05) is 16.6 Å². The van der Waals surface area contributed by atoms with Crippen LogP contribution in [0, 0.1) is 5.82 Å². The number of nitrogens with zero attached hydrogens (tertiary/aromatic N) is 2. The fourth-order valence-electron chi connectivity index (χ4n) is 2.66. The maximum Gasteiger partial charge on any atom is 0.225 e. The smallest absolute Gasteiger partial charge is 0.225 e. The van der Waals surface area contributed by atoms with E-state index in [1.54, 1.807) is 19.2 Å². The Hall–Kier alpha value is -2.70. The number of anilines is 2. The Morgan fingerprint density at radius 3 is 2.46 bits per heavy atom. The van der Waals surface area contributed by atoms with E-state index in [2.05, 4.69) is 15.3 Å². The van der Waals surface area contributed by atoms with Gasteiger partial charge in [-0.2, -0.15) is 4.98 Å². The van der Waals surface area contributed by atoms with Crippen molar-refractivity contribution in [3.05, 3.63) is 65.0 Å².